The molecule has 0 spiro atoms. The number of aromatic nitrogens is 1. The first kappa shape index (κ1) is 14.8. The molecule has 3 aromatic rings. The standard InChI is InChI=1S/C17H9FN4S/c18-13-4-2-12(3-5-13)17-22-15-6-1-11(7-16(15)23-17)10-21-14(8-19)9-20/h1-7H,10H2. The number of nitrogens with zero attached hydrogens (tertiary/aromatic N) is 4. The van der Waals surface area contributed by atoms with E-state index in [0.717, 1.165) is 26.4 Å². The summed E-state index contributed by atoms with van der Waals surface area (Å²) in [4.78, 5) is 8.49. The van der Waals surface area contributed by atoms with Gasteiger partial charge in [-0.3, -0.25) is 4.99 Å². The summed E-state index contributed by atoms with van der Waals surface area (Å²) in [6.07, 6.45) is 0. The Balaban J connectivity index is 1.92. The van der Waals surface area contributed by atoms with Gasteiger partial charge in [-0.2, -0.15) is 10.5 Å². The molecule has 0 saturated heterocycles. The Morgan fingerprint density at radius 1 is 1.13 bits per heavy atom. The van der Waals surface area contributed by atoms with E-state index in [-0.39, 0.29) is 18.1 Å². The summed E-state index contributed by atoms with van der Waals surface area (Å²) in [5.74, 6) is -0.277. The molecule has 6 heteroatoms. The predicted molar refractivity (Wildman–Crippen MR) is 87.4 cm³/mol. The van der Waals surface area contributed by atoms with Crippen molar-refractivity contribution >= 4 is 27.3 Å². The van der Waals surface area contributed by atoms with Crippen LogP contribution < -0.4 is 0 Å². The van der Waals surface area contributed by atoms with E-state index >= 15 is 0 Å². The normalized spacial score (nSPS) is 10.0. The molecule has 0 unspecified atom stereocenters. The molecule has 0 aliphatic carbocycles. The SMILES string of the molecule is N#CC(C#N)=NCc1ccc2nc(-c3ccc(F)cc3)sc2c1. The average molecular weight is 320 g/mol. The summed E-state index contributed by atoms with van der Waals surface area (Å²) >= 11 is 1.50. The molecule has 0 aliphatic rings. The molecule has 3 rings (SSSR count). The second-order valence-corrected chi connectivity index (χ2v) is 5.75. The first-order chi connectivity index (χ1) is 11.2. The fourth-order valence-electron chi connectivity index (χ4n) is 2.05. The van der Waals surface area contributed by atoms with Crippen LogP contribution in [0.1, 0.15) is 5.56 Å². The molecule has 4 nitrogen and oxygen atoms in total. The van der Waals surface area contributed by atoms with Gasteiger partial charge in [0.15, 0.2) is 0 Å². The van der Waals surface area contributed by atoms with Gasteiger partial charge in [-0.25, -0.2) is 9.37 Å². The molecule has 0 aliphatic heterocycles. The van der Waals surface area contributed by atoms with E-state index < -0.39 is 0 Å². The van der Waals surface area contributed by atoms with Crippen LogP contribution in [-0.4, -0.2) is 10.7 Å². The number of thiazole rings is 1. The molecule has 2 aromatic carbocycles. The lowest BCUT2D eigenvalue weighted by atomic mass is 10.2. The molecule has 110 valence electrons. The van der Waals surface area contributed by atoms with Crippen LogP contribution in [0.4, 0.5) is 4.39 Å². The minimum atomic E-state index is -0.277. The molecule has 0 radical (unpaired) electrons. The van der Waals surface area contributed by atoms with E-state index in [1.807, 2.05) is 18.2 Å². The van der Waals surface area contributed by atoms with Gasteiger partial charge in [-0.15, -0.1) is 11.3 Å². The number of halogens is 1. The number of rotatable bonds is 3. The van der Waals surface area contributed by atoms with E-state index in [9.17, 15) is 4.39 Å². The van der Waals surface area contributed by atoms with E-state index in [2.05, 4.69) is 9.98 Å². The van der Waals surface area contributed by atoms with Crippen molar-refractivity contribution in [3.63, 3.8) is 0 Å². The van der Waals surface area contributed by atoms with Crippen LogP contribution in [0, 0.1) is 28.5 Å². The number of hydrogen-bond donors (Lipinski definition) is 0. The summed E-state index contributed by atoms with van der Waals surface area (Å²) in [5.41, 5.74) is 2.47. The van der Waals surface area contributed by atoms with Crippen LogP contribution >= 0.6 is 11.3 Å². The number of fused-ring (bicyclic) bond motifs is 1. The van der Waals surface area contributed by atoms with Crippen LogP contribution in [0.5, 0.6) is 0 Å². The Labute approximate surface area is 135 Å². The van der Waals surface area contributed by atoms with E-state index in [1.54, 1.807) is 24.3 Å². The lowest BCUT2D eigenvalue weighted by Gasteiger charge is -1.95. The van der Waals surface area contributed by atoms with E-state index in [4.69, 9.17) is 10.5 Å². The molecule has 0 atom stereocenters. The lowest BCUT2D eigenvalue weighted by Crippen LogP contribution is -1.90. The van der Waals surface area contributed by atoms with Crippen molar-refractivity contribution in [2.75, 3.05) is 0 Å². The molecule has 0 N–H and O–H groups in total. The van der Waals surface area contributed by atoms with Crippen LogP contribution in [0.3, 0.4) is 0 Å². The van der Waals surface area contributed by atoms with Gasteiger partial charge in [0.2, 0.25) is 5.71 Å². The van der Waals surface area contributed by atoms with Crippen molar-refractivity contribution in [2.24, 2.45) is 4.99 Å². The Bertz CT molecular complexity index is 958. The number of aliphatic imine (C=N–C) groups is 1. The zero-order valence-corrected chi connectivity index (χ0v) is 12.6. The molecular weight excluding hydrogens is 311 g/mol. The summed E-state index contributed by atoms with van der Waals surface area (Å²) in [6.45, 7) is 0.274. The largest absolute Gasteiger partial charge is 0.260 e. The van der Waals surface area contributed by atoms with Gasteiger partial charge < -0.3 is 0 Å². The zero-order chi connectivity index (χ0) is 16.2. The highest BCUT2D eigenvalue weighted by Gasteiger charge is 2.07. The van der Waals surface area contributed by atoms with Gasteiger partial charge in [0.25, 0.3) is 0 Å². The maximum absolute atomic E-state index is 13.0. The third kappa shape index (κ3) is 3.23. The molecular formula is C17H9FN4S. The molecule has 0 amide bonds. The molecule has 1 aromatic heterocycles. The second-order valence-electron chi connectivity index (χ2n) is 4.72. The highest BCUT2D eigenvalue weighted by atomic mass is 32.1. The van der Waals surface area contributed by atoms with Gasteiger partial charge in [0.1, 0.15) is 23.0 Å². The van der Waals surface area contributed by atoms with Crippen molar-refractivity contribution in [3.8, 4) is 22.7 Å². The minimum Gasteiger partial charge on any atom is -0.260 e. The number of hydrogen-bond acceptors (Lipinski definition) is 5. The predicted octanol–water partition coefficient (Wildman–Crippen LogP) is 4.09. The Morgan fingerprint density at radius 2 is 1.87 bits per heavy atom. The van der Waals surface area contributed by atoms with Crippen LogP contribution in [0.15, 0.2) is 47.5 Å². The highest BCUT2D eigenvalue weighted by Crippen LogP contribution is 2.30. The van der Waals surface area contributed by atoms with Gasteiger partial charge in [0, 0.05) is 5.56 Å². The van der Waals surface area contributed by atoms with Gasteiger partial charge in [-0.05, 0) is 42.0 Å². The van der Waals surface area contributed by atoms with Gasteiger partial charge >= 0.3 is 0 Å². The van der Waals surface area contributed by atoms with E-state index in [1.165, 1.54) is 23.5 Å². The summed E-state index contributed by atoms with van der Waals surface area (Å²) < 4.78 is 14.0. The fourth-order valence-corrected chi connectivity index (χ4v) is 3.08. The van der Waals surface area contributed by atoms with Crippen LogP contribution in [0.2, 0.25) is 0 Å². The van der Waals surface area contributed by atoms with E-state index in [0.29, 0.717) is 0 Å². The third-order valence-electron chi connectivity index (χ3n) is 3.18. The fraction of sp³-hybridized carbons (Fsp3) is 0.0588. The Kier molecular flexibility index (Phi) is 4.09. The van der Waals surface area contributed by atoms with Gasteiger partial charge in [0.05, 0.1) is 16.8 Å². The van der Waals surface area contributed by atoms with Crippen molar-refractivity contribution < 1.29 is 4.39 Å². The second kappa shape index (κ2) is 6.35. The number of nitriles is 2. The third-order valence-corrected chi connectivity index (χ3v) is 4.24. The van der Waals surface area contributed by atoms with Crippen LogP contribution in [-0.2, 0) is 6.54 Å². The molecule has 1 heterocycles. The Morgan fingerprint density at radius 3 is 2.57 bits per heavy atom. The summed E-state index contributed by atoms with van der Waals surface area (Å²) in [7, 11) is 0. The maximum Gasteiger partial charge on any atom is 0.213 e. The summed E-state index contributed by atoms with van der Waals surface area (Å²) in [6, 6.07) is 15.4. The molecule has 0 fully saturated rings. The topological polar surface area (TPSA) is 72.8 Å². The van der Waals surface area contributed by atoms with Gasteiger partial charge in [-0.1, -0.05) is 6.07 Å². The maximum atomic E-state index is 13.0. The number of benzene rings is 2. The van der Waals surface area contributed by atoms with Crippen LogP contribution in [0.25, 0.3) is 20.8 Å². The van der Waals surface area contributed by atoms with Crippen molar-refractivity contribution in [1.29, 1.82) is 10.5 Å². The molecule has 23 heavy (non-hydrogen) atoms. The molecule has 0 saturated carbocycles. The molecule has 0 bridgehead atoms. The van der Waals surface area contributed by atoms with Crippen molar-refractivity contribution in [3.05, 3.63) is 53.8 Å². The lowest BCUT2D eigenvalue weighted by molar-refractivity contribution is 0.628. The zero-order valence-electron chi connectivity index (χ0n) is 11.8. The summed E-state index contributed by atoms with van der Waals surface area (Å²) in [5, 5.41) is 18.2. The Hall–Kier alpha value is -3.09. The monoisotopic (exact) mass is 320 g/mol. The quantitative estimate of drug-likeness (QED) is 0.682. The highest BCUT2D eigenvalue weighted by molar-refractivity contribution is 7.21. The smallest absolute Gasteiger partial charge is 0.213 e. The van der Waals surface area contributed by atoms with Crippen molar-refractivity contribution in [1.82, 2.24) is 4.98 Å². The average Bonchev–Trinajstić information content (AvgIpc) is 2.99. The first-order valence-electron chi connectivity index (χ1n) is 6.69. The first-order valence-corrected chi connectivity index (χ1v) is 7.51. The van der Waals surface area contributed by atoms with Crippen molar-refractivity contribution in [2.45, 2.75) is 6.54 Å². The minimum absolute atomic E-state index is 0.138.